The maximum atomic E-state index is 11.9. The first kappa shape index (κ1) is 16.8. The molecule has 0 unspecified atom stereocenters. The molecule has 0 atom stereocenters. The van der Waals surface area contributed by atoms with Gasteiger partial charge in [-0.25, -0.2) is 4.79 Å². The van der Waals surface area contributed by atoms with E-state index in [-0.39, 0.29) is 6.61 Å². The number of allylic oxidation sites excluding steroid dienone is 1. The lowest BCUT2D eigenvalue weighted by Crippen LogP contribution is -2.18. The van der Waals surface area contributed by atoms with Crippen molar-refractivity contribution in [3.8, 4) is 11.5 Å². The summed E-state index contributed by atoms with van der Waals surface area (Å²) in [5.41, 5.74) is 2.24. The Kier molecular flexibility index (Phi) is 6.42. The monoisotopic (exact) mass is 310 g/mol. The molecule has 0 aliphatic carbocycles. The van der Waals surface area contributed by atoms with E-state index in [1.807, 2.05) is 48.5 Å². The third-order valence-electron chi connectivity index (χ3n) is 3.38. The molecule has 0 aromatic heterocycles. The Labute approximate surface area is 137 Å². The highest BCUT2D eigenvalue weighted by Crippen LogP contribution is 2.19. The van der Waals surface area contributed by atoms with Gasteiger partial charge in [-0.05, 0) is 42.2 Å². The average molecular weight is 310 g/mol. The molecule has 0 amide bonds. The van der Waals surface area contributed by atoms with Gasteiger partial charge in [0, 0.05) is 0 Å². The fourth-order valence-corrected chi connectivity index (χ4v) is 2.28. The molecule has 2 rings (SSSR count). The molecule has 0 spiro atoms. The van der Waals surface area contributed by atoms with Crippen molar-refractivity contribution in [2.24, 2.45) is 0 Å². The summed E-state index contributed by atoms with van der Waals surface area (Å²) in [5.74, 6) is 0.808. The predicted octanol–water partition coefficient (Wildman–Crippen LogP) is 4.35. The van der Waals surface area contributed by atoms with Crippen molar-refractivity contribution in [1.82, 2.24) is 0 Å². The van der Waals surface area contributed by atoms with Crippen molar-refractivity contribution in [3.63, 3.8) is 0 Å². The Morgan fingerprint density at radius 1 is 1.13 bits per heavy atom. The third kappa shape index (κ3) is 5.29. The number of rotatable bonds is 8. The van der Waals surface area contributed by atoms with E-state index in [2.05, 4.69) is 13.5 Å². The van der Waals surface area contributed by atoms with Crippen molar-refractivity contribution < 1.29 is 14.3 Å². The normalized spacial score (nSPS) is 10.1. The number of esters is 1. The molecule has 0 heterocycles. The van der Waals surface area contributed by atoms with E-state index in [0.29, 0.717) is 17.9 Å². The van der Waals surface area contributed by atoms with Crippen LogP contribution in [0.4, 0.5) is 0 Å². The quantitative estimate of drug-likeness (QED) is 0.413. The lowest BCUT2D eigenvalue weighted by molar-refractivity contribution is -0.136. The molecule has 0 aliphatic heterocycles. The molecule has 0 aliphatic rings. The molecule has 2 aromatic rings. The molecular formula is C20H22O3. The van der Waals surface area contributed by atoms with Crippen LogP contribution in [-0.2, 0) is 17.6 Å². The van der Waals surface area contributed by atoms with Gasteiger partial charge in [0.25, 0.3) is 0 Å². The van der Waals surface area contributed by atoms with Crippen LogP contribution >= 0.6 is 0 Å². The molecule has 3 heteroatoms. The molecule has 0 N–H and O–H groups in total. The highest BCUT2D eigenvalue weighted by Gasteiger charge is 2.08. The maximum Gasteiger partial charge on any atom is 0.349 e. The Balaban J connectivity index is 1.89. The van der Waals surface area contributed by atoms with Crippen LogP contribution in [0.15, 0.2) is 61.2 Å². The van der Waals surface area contributed by atoms with Gasteiger partial charge >= 0.3 is 5.97 Å². The Morgan fingerprint density at radius 3 is 2.57 bits per heavy atom. The molecule has 23 heavy (non-hydrogen) atoms. The molecule has 0 saturated heterocycles. The Morgan fingerprint density at radius 2 is 1.87 bits per heavy atom. The standard InChI is InChI=1S/C20H22O3/c1-3-7-16-11-13-18(14-12-16)23-20(21)15-22-19-10-6-5-9-17(19)8-4-2/h4-6,9-14H,2-3,7-8,15H2,1H3. The van der Waals surface area contributed by atoms with Crippen LogP contribution in [0.25, 0.3) is 0 Å². The van der Waals surface area contributed by atoms with Crippen LogP contribution in [0.5, 0.6) is 11.5 Å². The van der Waals surface area contributed by atoms with Crippen molar-refractivity contribution in [2.45, 2.75) is 26.2 Å². The van der Waals surface area contributed by atoms with Crippen molar-refractivity contribution in [3.05, 3.63) is 72.3 Å². The minimum absolute atomic E-state index is 0.120. The first-order valence-electron chi connectivity index (χ1n) is 7.84. The summed E-state index contributed by atoms with van der Waals surface area (Å²) in [4.78, 5) is 11.9. The molecule has 0 radical (unpaired) electrons. The summed E-state index contributed by atoms with van der Waals surface area (Å²) in [6.45, 7) is 5.74. The van der Waals surface area contributed by atoms with E-state index >= 15 is 0 Å². The average Bonchev–Trinajstić information content (AvgIpc) is 2.56. The topological polar surface area (TPSA) is 35.5 Å². The summed E-state index contributed by atoms with van der Waals surface area (Å²) in [5, 5.41) is 0. The van der Waals surface area contributed by atoms with E-state index in [1.54, 1.807) is 6.08 Å². The Bertz CT molecular complexity index is 644. The molecule has 2 aromatic carbocycles. The van der Waals surface area contributed by atoms with E-state index in [9.17, 15) is 4.79 Å². The minimum Gasteiger partial charge on any atom is -0.482 e. The minimum atomic E-state index is -0.415. The number of carbonyl (C=O) groups is 1. The van der Waals surface area contributed by atoms with E-state index < -0.39 is 5.97 Å². The molecular weight excluding hydrogens is 288 g/mol. The number of benzene rings is 2. The van der Waals surface area contributed by atoms with Gasteiger partial charge in [0.1, 0.15) is 11.5 Å². The van der Waals surface area contributed by atoms with Gasteiger partial charge in [0.05, 0.1) is 0 Å². The second kappa shape index (κ2) is 8.79. The number of carbonyl (C=O) groups excluding carboxylic acids is 1. The zero-order chi connectivity index (χ0) is 16.5. The zero-order valence-electron chi connectivity index (χ0n) is 13.5. The van der Waals surface area contributed by atoms with Crippen LogP contribution < -0.4 is 9.47 Å². The summed E-state index contributed by atoms with van der Waals surface area (Å²) in [7, 11) is 0. The first-order valence-corrected chi connectivity index (χ1v) is 7.84. The largest absolute Gasteiger partial charge is 0.482 e. The van der Waals surface area contributed by atoms with Crippen LogP contribution in [0, 0.1) is 0 Å². The first-order chi connectivity index (χ1) is 11.2. The molecule has 3 nitrogen and oxygen atoms in total. The second-order valence-corrected chi connectivity index (χ2v) is 5.26. The number of para-hydroxylation sites is 1. The summed E-state index contributed by atoms with van der Waals surface area (Å²) in [6, 6.07) is 15.2. The lowest BCUT2D eigenvalue weighted by Gasteiger charge is -2.10. The van der Waals surface area contributed by atoms with Crippen LogP contribution in [-0.4, -0.2) is 12.6 Å². The highest BCUT2D eigenvalue weighted by atomic mass is 16.6. The fourth-order valence-electron chi connectivity index (χ4n) is 2.28. The van der Waals surface area contributed by atoms with E-state index in [4.69, 9.17) is 9.47 Å². The van der Waals surface area contributed by atoms with Gasteiger partial charge in [0.2, 0.25) is 0 Å². The van der Waals surface area contributed by atoms with Crippen LogP contribution in [0.2, 0.25) is 0 Å². The number of ether oxygens (including phenoxy) is 2. The molecule has 0 bridgehead atoms. The number of hydrogen-bond acceptors (Lipinski definition) is 3. The van der Waals surface area contributed by atoms with E-state index in [1.165, 1.54) is 5.56 Å². The lowest BCUT2D eigenvalue weighted by atomic mass is 10.1. The summed E-state index contributed by atoms with van der Waals surface area (Å²) in [6.07, 6.45) is 4.62. The van der Waals surface area contributed by atoms with Gasteiger partial charge in [-0.3, -0.25) is 0 Å². The zero-order valence-corrected chi connectivity index (χ0v) is 13.5. The van der Waals surface area contributed by atoms with Gasteiger partial charge in [-0.15, -0.1) is 6.58 Å². The van der Waals surface area contributed by atoms with Crippen molar-refractivity contribution in [1.29, 1.82) is 0 Å². The fraction of sp³-hybridized carbons (Fsp3) is 0.250. The van der Waals surface area contributed by atoms with Gasteiger partial charge in [-0.2, -0.15) is 0 Å². The Hall–Kier alpha value is -2.55. The van der Waals surface area contributed by atoms with Crippen molar-refractivity contribution in [2.75, 3.05) is 6.61 Å². The van der Waals surface area contributed by atoms with Crippen LogP contribution in [0.3, 0.4) is 0 Å². The smallest absolute Gasteiger partial charge is 0.349 e. The van der Waals surface area contributed by atoms with Gasteiger partial charge in [-0.1, -0.05) is 49.8 Å². The highest BCUT2D eigenvalue weighted by molar-refractivity contribution is 5.74. The number of hydrogen-bond donors (Lipinski definition) is 0. The van der Waals surface area contributed by atoms with Gasteiger partial charge in [0.15, 0.2) is 6.61 Å². The maximum absolute atomic E-state index is 11.9. The predicted molar refractivity (Wildman–Crippen MR) is 91.9 cm³/mol. The van der Waals surface area contributed by atoms with Crippen LogP contribution in [0.1, 0.15) is 24.5 Å². The SMILES string of the molecule is C=CCc1ccccc1OCC(=O)Oc1ccc(CCC)cc1. The molecule has 120 valence electrons. The van der Waals surface area contributed by atoms with Gasteiger partial charge < -0.3 is 9.47 Å². The van der Waals surface area contributed by atoms with E-state index in [0.717, 1.165) is 18.4 Å². The van der Waals surface area contributed by atoms with Crippen molar-refractivity contribution >= 4 is 5.97 Å². The third-order valence-corrected chi connectivity index (χ3v) is 3.38. The molecule has 0 saturated carbocycles. The number of aryl methyl sites for hydroxylation is 1. The molecule has 0 fully saturated rings. The second-order valence-electron chi connectivity index (χ2n) is 5.26. The summed E-state index contributed by atoms with van der Waals surface area (Å²) >= 11 is 0. The summed E-state index contributed by atoms with van der Waals surface area (Å²) < 4.78 is 10.8.